The van der Waals surface area contributed by atoms with Gasteiger partial charge in [-0.05, 0) is 110 Å². The number of aromatic amines is 1. The monoisotopic (exact) mass is 909 g/mol. The number of nitrogens with one attached hydrogen (secondary N) is 3. The van der Waals surface area contributed by atoms with Crippen molar-refractivity contribution >= 4 is 28.7 Å². The van der Waals surface area contributed by atoms with Crippen molar-refractivity contribution in [1.82, 2.24) is 25.4 Å². The lowest BCUT2D eigenvalue weighted by Gasteiger charge is -2.33. The number of piperidine rings is 1. The predicted molar refractivity (Wildman–Crippen MR) is 256 cm³/mol. The van der Waals surface area contributed by atoms with E-state index in [0.717, 1.165) is 38.0 Å². The molecule has 6 N–H and O–H groups in total. The van der Waals surface area contributed by atoms with Gasteiger partial charge < -0.3 is 45.3 Å². The van der Waals surface area contributed by atoms with E-state index < -0.39 is 17.7 Å². The normalized spacial score (nSPS) is 14.5. The number of ether oxygens (including phenoxy) is 2. The number of likely N-dealkylation sites (N-methyl/N-ethyl adjacent to an activating group) is 1. The van der Waals surface area contributed by atoms with E-state index in [1.807, 2.05) is 37.3 Å². The summed E-state index contributed by atoms with van der Waals surface area (Å²) in [5, 5.41) is 39.8. The largest absolute Gasteiger partial charge is 0.506 e. The number of nitrogens with zero attached hydrogens (tertiary/aromatic N) is 2. The molecule has 350 valence electrons. The Bertz CT molecular complexity index is 2640. The van der Waals surface area contributed by atoms with Gasteiger partial charge in [0, 0.05) is 55.3 Å². The zero-order valence-electron chi connectivity index (χ0n) is 37.7. The first-order valence-corrected chi connectivity index (χ1v) is 22.8. The highest BCUT2D eigenvalue weighted by atomic mass is 16.5. The number of aromatic nitrogens is 1. The number of H-pyrrole nitrogens is 1. The van der Waals surface area contributed by atoms with Gasteiger partial charge in [-0.3, -0.25) is 19.3 Å². The number of likely N-dealkylation sites (tertiary alicyclic amines) is 1. The molecule has 14 heteroatoms. The summed E-state index contributed by atoms with van der Waals surface area (Å²) >= 11 is 0. The molecule has 5 aromatic carbocycles. The van der Waals surface area contributed by atoms with Crippen LogP contribution in [0.3, 0.4) is 0 Å². The Hall–Kier alpha value is -6.84. The van der Waals surface area contributed by atoms with Crippen LogP contribution in [-0.2, 0) is 32.9 Å². The summed E-state index contributed by atoms with van der Waals surface area (Å²) in [6.07, 6.45) is 1.53. The first-order valence-electron chi connectivity index (χ1n) is 22.8. The van der Waals surface area contributed by atoms with Crippen molar-refractivity contribution in [2.75, 3.05) is 59.0 Å². The Kier molecular flexibility index (Phi) is 16.6. The summed E-state index contributed by atoms with van der Waals surface area (Å²) in [5.41, 5.74) is 1.74. The van der Waals surface area contributed by atoms with Crippen LogP contribution < -0.4 is 20.9 Å². The maximum Gasteiger partial charge on any atom is 0.347 e. The molecule has 0 spiro atoms. The molecule has 6 aromatic rings. The third-order valence-electron chi connectivity index (χ3n) is 12.3. The number of phenolic OH excluding ortho intramolecular Hbond substituents is 1. The summed E-state index contributed by atoms with van der Waals surface area (Å²) in [7, 11) is 0. The molecule has 0 bridgehead atoms. The smallest absolute Gasteiger partial charge is 0.347 e. The van der Waals surface area contributed by atoms with Gasteiger partial charge in [-0.15, -0.1) is 0 Å². The minimum atomic E-state index is -2.12. The van der Waals surface area contributed by atoms with E-state index in [9.17, 15) is 34.5 Å². The molecule has 67 heavy (non-hydrogen) atoms. The van der Waals surface area contributed by atoms with Gasteiger partial charge in [-0.25, -0.2) is 4.79 Å². The SMILES string of the molecule is CCN(CCNC(=O)c1ccc(CCNC[C@H](O)c2ccc(O)c3[nH]c(=O)ccc23)cc1)C(=O)COc1cccc(C(O)(C(=O)OCC2CCN(Cc3ccccc3)CC2)c2ccccc2)c1. The fraction of sp³-hybridized carbons (Fsp3) is 0.321. The average Bonchev–Trinajstić information content (AvgIpc) is 3.36. The zero-order valence-corrected chi connectivity index (χ0v) is 37.7. The van der Waals surface area contributed by atoms with Crippen LogP contribution in [0.5, 0.6) is 11.5 Å². The number of esters is 1. The number of rotatable bonds is 21. The highest BCUT2D eigenvalue weighted by molar-refractivity contribution is 5.94. The second kappa shape index (κ2) is 23.1. The maximum atomic E-state index is 13.9. The topological polar surface area (TPSA) is 194 Å². The molecule has 1 aliphatic heterocycles. The number of fused-ring (bicyclic) bond motifs is 1. The van der Waals surface area contributed by atoms with Crippen molar-refractivity contribution < 1.29 is 39.2 Å². The predicted octanol–water partition coefficient (Wildman–Crippen LogP) is 5.45. The van der Waals surface area contributed by atoms with Crippen LogP contribution in [-0.4, -0.2) is 107 Å². The molecule has 1 unspecified atom stereocenters. The number of phenols is 1. The molecule has 2 atom stereocenters. The second-order valence-corrected chi connectivity index (χ2v) is 16.9. The Morgan fingerprint density at radius 3 is 2.30 bits per heavy atom. The third kappa shape index (κ3) is 12.5. The summed E-state index contributed by atoms with van der Waals surface area (Å²) in [6, 6.07) is 38.8. The third-order valence-corrected chi connectivity index (χ3v) is 12.3. The van der Waals surface area contributed by atoms with Crippen LogP contribution >= 0.6 is 0 Å². The van der Waals surface area contributed by atoms with Crippen LogP contribution in [0.25, 0.3) is 10.9 Å². The number of amides is 2. The minimum absolute atomic E-state index is 0.0669. The molecular formula is C53H59N5O9. The van der Waals surface area contributed by atoms with Crippen molar-refractivity contribution in [3.63, 3.8) is 0 Å². The van der Waals surface area contributed by atoms with E-state index in [2.05, 4.69) is 32.7 Å². The number of carbonyl (C=O) groups excluding carboxylic acids is 3. The number of aliphatic hydroxyl groups excluding tert-OH is 1. The molecule has 0 radical (unpaired) electrons. The molecule has 1 fully saturated rings. The molecule has 14 nitrogen and oxygen atoms in total. The summed E-state index contributed by atoms with van der Waals surface area (Å²) in [6.45, 7) is 6.07. The second-order valence-electron chi connectivity index (χ2n) is 16.9. The van der Waals surface area contributed by atoms with Crippen LogP contribution in [0.2, 0.25) is 0 Å². The van der Waals surface area contributed by atoms with Gasteiger partial charge in [0.2, 0.25) is 11.2 Å². The first-order chi connectivity index (χ1) is 32.5. The highest BCUT2D eigenvalue weighted by Crippen LogP contribution is 2.34. The lowest BCUT2D eigenvalue weighted by Crippen LogP contribution is -2.41. The van der Waals surface area contributed by atoms with Gasteiger partial charge in [-0.1, -0.05) is 91.0 Å². The standard InChI is InChI=1S/C53H59N5O9/c1-2-58(31-28-55-51(63)40-18-16-37(17-19-40)24-27-54-33-47(60)44-20-22-46(59)50-45(44)21-23-48(61)56-50)49(62)36-66-43-15-9-14-42(32-43)53(65,41-12-7-4-8-13-41)52(64)67-35-39-25-29-57(30-26-39)34-38-10-5-3-6-11-38/h3-23,32,39,47,54,59-60,65H,2,24-31,33-36H2,1H3,(H,55,63)(H,56,61)/t47-,53?/m0/s1. The number of benzene rings is 5. The highest BCUT2D eigenvalue weighted by Gasteiger charge is 2.42. The zero-order chi connectivity index (χ0) is 47.2. The van der Waals surface area contributed by atoms with Crippen LogP contribution in [0.1, 0.15) is 64.0 Å². The van der Waals surface area contributed by atoms with Gasteiger partial charge >= 0.3 is 5.97 Å². The Balaban J connectivity index is 0.850. The average molecular weight is 910 g/mol. The fourth-order valence-corrected chi connectivity index (χ4v) is 8.40. The summed E-state index contributed by atoms with van der Waals surface area (Å²) in [5.74, 6) is -0.956. The van der Waals surface area contributed by atoms with Crippen molar-refractivity contribution in [3.05, 3.63) is 177 Å². The number of hydrogen-bond acceptors (Lipinski definition) is 11. The van der Waals surface area contributed by atoms with Crippen molar-refractivity contribution in [2.24, 2.45) is 5.92 Å². The molecule has 2 heterocycles. The number of aliphatic hydroxyl groups is 2. The van der Waals surface area contributed by atoms with Gasteiger partial charge in [0.05, 0.1) is 18.2 Å². The minimum Gasteiger partial charge on any atom is -0.506 e. The molecule has 0 saturated carbocycles. The number of carbonyl (C=O) groups is 3. The van der Waals surface area contributed by atoms with E-state index in [1.54, 1.807) is 83.8 Å². The van der Waals surface area contributed by atoms with Crippen LogP contribution in [0, 0.1) is 5.92 Å². The molecule has 1 saturated heterocycles. The molecule has 1 aromatic heterocycles. The quantitative estimate of drug-likeness (QED) is 0.0398. The Morgan fingerprint density at radius 2 is 1.57 bits per heavy atom. The Labute approximate surface area is 390 Å². The van der Waals surface area contributed by atoms with Crippen molar-refractivity contribution in [2.45, 2.75) is 44.4 Å². The lowest BCUT2D eigenvalue weighted by atomic mass is 9.86. The molecule has 7 rings (SSSR count). The summed E-state index contributed by atoms with van der Waals surface area (Å²) < 4.78 is 11.8. The van der Waals surface area contributed by atoms with Gasteiger partial charge in [0.1, 0.15) is 11.5 Å². The van der Waals surface area contributed by atoms with E-state index in [1.165, 1.54) is 17.7 Å². The van der Waals surface area contributed by atoms with Crippen molar-refractivity contribution in [3.8, 4) is 11.5 Å². The van der Waals surface area contributed by atoms with Gasteiger partial charge in [0.15, 0.2) is 6.61 Å². The molecule has 0 aliphatic carbocycles. The molecular weight excluding hydrogens is 851 g/mol. The van der Waals surface area contributed by atoms with Crippen LogP contribution in [0.15, 0.2) is 138 Å². The van der Waals surface area contributed by atoms with Crippen LogP contribution in [0.4, 0.5) is 0 Å². The van der Waals surface area contributed by atoms with E-state index >= 15 is 0 Å². The van der Waals surface area contributed by atoms with E-state index in [-0.39, 0.29) is 73.0 Å². The Morgan fingerprint density at radius 1 is 0.851 bits per heavy atom. The molecule has 2 amide bonds. The van der Waals surface area contributed by atoms with Crippen molar-refractivity contribution in [1.29, 1.82) is 0 Å². The van der Waals surface area contributed by atoms with Gasteiger partial charge in [-0.2, -0.15) is 0 Å². The molecule has 1 aliphatic rings. The number of pyridine rings is 1. The van der Waals surface area contributed by atoms with Gasteiger partial charge in [0.25, 0.3) is 11.8 Å². The van der Waals surface area contributed by atoms with E-state index in [0.29, 0.717) is 47.3 Å². The van der Waals surface area contributed by atoms with E-state index in [4.69, 9.17) is 9.47 Å². The fourth-order valence-electron chi connectivity index (χ4n) is 8.40. The summed E-state index contributed by atoms with van der Waals surface area (Å²) in [4.78, 5) is 58.5. The number of hydrogen-bond donors (Lipinski definition) is 6. The lowest BCUT2D eigenvalue weighted by molar-refractivity contribution is -0.164. The first kappa shape index (κ1) is 48.1. The number of aromatic hydroxyl groups is 1. The maximum absolute atomic E-state index is 13.9.